The summed E-state index contributed by atoms with van der Waals surface area (Å²) in [5, 5.41) is 5.84. The molecule has 230 valence electrons. The first-order valence-electron chi connectivity index (χ1n) is 15.0. The van der Waals surface area contributed by atoms with E-state index in [-0.39, 0.29) is 24.1 Å². The molecule has 0 saturated carbocycles. The summed E-state index contributed by atoms with van der Waals surface area (Å²) in [4.78, 5) is 42.1. The minimum atomic E-state index is -0.593. The maximum Gasteiger partial charge on any atom is 0.410 e. The molecule has 1 fully saturated rings. The van der Waals surface area contributed by atoms with Gasteiger partial charge in [-0.05, 0) is 101 Å². The summed E-state index contributed by atoms with van der Waals surface area (Å²) >= 11 is 0. The van der Waals surface area contributed by atoms with Gasteiger partial charge < -0.3 is 29.6 Å². The number of furan rings is 1. The molecule has 2 heterocycles. The van der Waals surface area contributed by atoms with Crippen LogP contribution in [0.3, 0.4) is 0 Å². The van der Waals surface area contributed by atoms with Gasteiger partial charge >= 0.3 is 6.09 Å². The first-order chi connectivity index (χ1) is 20.5. The molecular formula is C34H44N4O5. The molecular weight excluding hydrogens is 544 g/mol. The van der Waals surface area contributed by atoms with E-state index in [1.54, 1.807) is 31.3 Å². The highest BCUT2D eigenvalue weighted by molar-refractivity contribution is 6.04. The Kier molecular flexibility index (Phi) is 10.5. The third-order valence-electron chi connectivity index (χ3n) is 7.62. The summed E-state index contributed by atoms with van der Waals surface area (Å²) in [6.07, 6.45) is 5.01. The molecule has 1 aliphatic heterocycles. The van der Waals surface area contributed by atoms with Gasteiger partial charge in [0.1, 0.15) is 5.60 Å². The van der Waals surface area contributed by atoms with Crippen molar-refractivity contribution in [2.75, 3.05) is 43.4 Å². The zero-order chi connectivity index (χ0) is 31.0. The number of carbonyl (C=O) groups is 3. The van der Waals surface area contributed by atoms with E-state index in [0.717, 1.165) is 44.3 Å². The number of para-hydroxylation sites is 1. The van der Waals surface area contributed by atoms with Crippen LogP contribution in [0.5, 0.6) is 0 Å². The number of likely N-dealkylation sites (N-methyl/N-ethyl adjacent to an activating group) is 1. The maximum atomic E-state index is 13.1. The molecule has 9 heteroatoms. The van der Waals surface area contributed by atoms with E-state index in [1.807, 2.05) is 26.8 Å². The minimum Gasteiger partial charge on any atom is -0.459 e. The fourth-order valence-corrected chi connectivity index (χ4v) is 5.31. The van der Waals surface area contributed by atoms with Gasteiger partial charge in [-0.25, -0.2) is 4.79 Å². The number of aryl methyl sites for hydroxylation is 1. The standard InChI is InChI=1S/C34H44N4O5/c1-24-10-6-7-12-29(24)38-18-8-11-25(16-19-38)22-26-14-15-27(23-28(26)36-32(40)30-13-9-21-42-30)31(39)35-17-20-37(5)33(41)43-34(2,3)4/h6-7,9-10,12-15,21,23,25H,8,11,16-20,22H2,1-5H3,(H,35,39)(H,36,40). The van der Waals surface area contributed by atoms with Crippen molar-refractivity contribution in [2.45, 2.75) is 59.0 Å². The Morgan fingerprint density at radius 2 is 1.81 bits per heavy atom. The van der Waals surface area contributed by atoms with Crippen molar-refractivity contribution >= 4 is 29.3 Å². The third-order valence-corrected chi connectivity index (χ3v) is 7.62. The fourth-order valence-electron chi connectivity index (χ4n) is 5.31. The van der Waals surface area contributed by atoms with Crippen molar-refractivity contribution in [3.8, 4) is 0 Å². The van der Waals surface area contributed by atoms with Crippen LogP contribution in [0.2, 0.25) is 0 Å². The molecule has 3 amide bonds. The van der Waals surface area contributed by atoms with Crippen LogP contribution < -0.4 is 15.5 Å². The van der Waals surface area contributed by atoms with Crippen molar-refractivity contribution < 1.29 is 23.5 Å². The van der Waals surface area contributed by atoms with E-state index in [0.29, 0.717) is 23.7 Å². The summed E-state index contributed by atoms with van der Waals surface area (Å²) in [7, 11) is 1.63. The lowest BCUT2D eigenvalue weighted by Crippen LogP contribution is -2.39. The van der Waals surface area contributed by atoms with E-state index in [4.69, 9.17) is 9.15 Å². The van der Waals surface area contributed by atoms with Crippen LogP contribution in [0.25, 0.3) is 0 Å². The zero-order valence-corrected chi connectivity index (χ0v) is 25.9. The lowest BCUT2D eigenvalue weighted by Gasteiger charge is -2.25. The highest BCUT2D eigenvalue weighted by Gasteiger charge is 2.22. The SMILES string of the molecule is Cc1ccccc1N1CCCC(Cc2ccc(C(=O)NCCN(C)C(=O)OC(C)(C)C)cc2NC(=O)c2ccco2)CC1. The Balaban J connectivity index is 1.43. The normalized spacial score (nSPS) is 15.4. The third kappa shape index (κ3) is 9.11. The van der Waals surface area contributed by atoms with Crippen LogP contribution in [-0.2, 0) is 11.2 Å². The molecule has 0 spiro atoms. The van der Waals surface area contributed by atoms with Crippen LogP contribution in [0.1, 0.15) is 72.1 Å². The molecule has 4 rings (SSSR count). The first-order valence-corrected chi connectivity index (χ1v) is 15.0. The Bertz CT molecular complexity index is 1400. The number of rotatable bonds is 9. The minimum absolute atomic E-state index is 0.203. The quantitative estimate of drug-likeness (QED) is 0.305. The van der Waals surface area contributed by atoms with Gasteiger partial charge in [0.15, 0.2) is 5.76 Å². The predicted molar refractivity (Wildman–Crippen MR) is 169 cm³/mol. The summed E-state index contributed by atoms with van der Waals surface area (Å²) < 4.78 is 10.7. The van der Waals surface area contributed by atoms with Gasteiger partial charge in [-0.15, -0.1) is 0 Å². The summed E-state index contributed by atoms with van der Waals surface area (Å²) in [5.41, 5.74) is 3.99. The number of hydrogen-bond acceptors (Lipinski definition) is 6. The molecule has 0 bridgehead atoms. The fraction of sp³-hybridized carbons (Fsp3) is 0.441. The van der Waals surface area contributed by atoms with Crippen molar-refractivity contribution in [1.82, 2.24) is 10.2 Å². The molecule has 9 nitrogen and oxygen atoms in total. The predicted octanol–water partition coefficient (Wildman–Crippen LogP) is 6.29. The number of nitrogens with one attached hydrogen (secondary N) is 2. The summed E-state index contributed by atoms with van der Waals surface area (Å²) in [6.45, 7) is 10.1. The Morgan fingerprint density at radius 1 is 1.02 bits per heavy atom. The number of carbonyl (C=O) groups excluding carboxylic acids is 3. The second-order valence-electron chi connectivity index (χ2n) is 12.2. The van der Waals surface area contributed by atoms with E-state index >= 15 is 0 Å². The van der Waals surface area contributed by atoms with Crippen LogP contribution >= 0.6 is 0 Å². The average Bonchev–Trinajstić information content (AvgIpc) is 3.41. The van der Waals surface area contributed by atoms with Crippen LogP contribution in [0.15, 0.2) is 65.3 Å². The van der Waals surface area contributed by atoms with Crippen LogP contribution in [-0.4, -0.2) is 61.6 Å². The monoisotopic (exact) mass is 588 g/mol. The molecule has 2 aromatic carbocycles. The van der Waals surface area contributed by atoms with Gasteiger partial charge in [0.25, 0.3) is 11.8 Å². The number of nitrogens with zero attached hydrogens (tertiary/aromatic N) is 2. The number of hydrogen-bond donors (Lipinski definition) is 2. The molecule has 1 atom stereocenters. The second kappa shape index (κ2) is 14.3. The van der Waals surface area contributed by atoms with Gasteiger partial charge in [-0.2, -0.15) is 0 Å². The van der Waals surface area contributed by atoms with E-state index in [1.165, 1.54) is 22.4 Å². The van der Waals surface area contributed by atoms with E-state index < -0.39 is 11.7 Å². The summed E-state index contributed by atoms with van der Waals surface area (Å²) in [6, 6.07) is 17.2. The second-order valence-corrected chi connectivity index (χ2v) is 12.2. The highest BCUT2D eigenvalue weighted by atomic mass is 16.6. The summed E-state index contributed by atoms with van der Waals surface area (Å²) in [5.74, 6) is -0.0129. The number of anilines is 2. The van der Waals surface area contributed by atoms with Gasteiger partial charge in [0.2, 0.25) is 0 Å². The maximum absolute atomic E-state index is 13.1. The first kappa shape index (κ1) is 31.7. The number of ether oxygens (including phenoxy) is 1. The topological polar surface area (TPSA) is 104 Å². The molecule has 3 aromatic rings. The largest absolute Gasteiger partial charge is 0.459 e. The van der Waals surface area contributed by atoms with Gasteiger partial charge in [-0.3, -0.25) is 9.59 Å². The molecule has 0 radical (unpaired) electrons. The average molecular weight is 589 g/mol. The Hall–Kier alpha value is -4.27. The molecule has 1 saturated heterocycles. The molecule has 1 aliphatic rings. The smallest absolute Gasteiger partial charge is 0.410 e. The molecule has 2 N–H and O–H groups in total. The molecule has 43 heavy (non-hydrogen) atoms. The van der Waals surface area contributed by atoms with Crippen molar-refractivity contribution in [3.05, 3.63) is 83.3 Å². The zero-order valence-electron chi connectivity index (χ0n) is 25.9. The van der Waals surface area contributed by atoms with Crippen LogP contribution in [0, 0.1) is 12.8 Å². The molecule has 0 aliphatic carbocycles. The lowest BCUT2D eigenvalue weighted by atomic mass is 9.91. The van der Waals surface area contributed by atoms with Crippen molar-refractivity contribution in [2.24, 2.45) is 5.92 Å². The molecule has 1 aromatic heterocycles. The van der Waals surface area contributed by atoms with Crippen LogP contribution in [0.4, 0.5) is 16.2 Å². The number of amides is 3. The Morgan fingerprint density at radius 3 is 2.53 bits per heavy atom. The molecule has 1 unspecified atom stereocenters. The highest BCUT2D eigenvalue weighted by Crippen LogP contribution is 2.30. The van der Waals surface area contributed by atoms with E-state index in [2.05, 4.69) is 46.7 Å². The van der Waals surface area contributed by atoms with Gasteiger partial charge in [-0.1, -0.05) is 24.3 Å². The van der Waals surface area contributed by atoms with Crippen molar-refractivity contribution in [3.63, 3.8) is 0 Å². The van der Waals surface area contributed by atoms with E-state index in [9.17, 15) is 14.4 Å². The Labute approximate surface area is 254 Å². The van der Waals surface area contributed by atoms with Gasteiger partial charge in [0, 0.05) is 50.2 Å². The lowest BCUT2D eigenvalue weighted by molar-refractivity contribution is 0.0299. The van der Waals surface area contributed by atoms with Gasteiger partial charge in [0.05, 0.1) is 6.26 Å². The number of benzene rings is 2. The van der Waals surface area contributed by atoms with Crippen molar-refractivity contribution in [1.29, 1.82) is 0 Å².